The summed E-state index contributed by atoms with van der Waals surface area (Å²) < 4.78 is 0. The van der Waals surface area contributed by atoms with Gasteiger partial charge in [0, 0.05) is 32.4 Å². The molecule has 4 heteroatoms. The molecule has 14 heavy (non-hydrogen) atoms. The van der Waals surface area contributed by atoms with E-state index in [4.69, 9.17) is 11.6 Å². The predicted octanol–water partition coefficient (Wildman–Crippen LogP) is 1.24. The van der Waals surface area contributed by atoms with Gasteiger partial charge in [-0.15, -0.1) is 0 Å². The topological polar surface area (TPSA) is 19.4 Å². The minimum absolute atomic E-state index is 0.684. The standard InChI is InChI=1S/C10H12ClN3/c11-8-3-9(5-12-4-8)14-2-1-13-6-10(14)7-13/h3-5,10H,1-2,6-7H2. The monoisotopic (exact) mass is 209 g/mol. The summed E-state index contributed by atoms with van der Waals surface area (Å²) in [5.41, 5.74) is 1.17. The molecule has 4 heterocycles. The zero-order valence-corrected chi connectivity index (χ0v) is 8.61. The number of hydrogen-bond donors (Lipinski definition) is 0. The summed E-state index contributed by atoms with van der Waals surface area (Å²) in [6.45, 7) is 4.68. The van der Waals surface area contributed by atoms with Gasteiger partial charge >= 0.3 is 0 Å². The number of anilines is 1. The molecule has 0 aliphatic carbocycles. The molecule has 0 radical (unpaired) electrons. The molecular formula is C10H12ClN3. The highest BCUT2D eigenvalue weighted by molar-refractivity contribution is 6.30. The molecule has 0 spiro atoms. The molecule has 0 aromatic carbocycles. The van der Waals surface area contributed by atoms with Gasteiger partial charge in [0.15, 0.2) is 0 Å². The van der Waals surface area contributed by atoms with Crippen molar-refractivity contribution in [1.29, 1.82) is 0 Å². The number of fused-ring (bicyclic) bond motifs is 2. The summed E-state index contributed by atoms with van der Waals surface area (Å²) in [5, 5.41) is 0.726. The van der Waals surface area contributed by atoms with Crippen LogP contribution in [0.3, 0.4) is 0 Å². The van der Waals surface area contributed by atoms with Crippen LogP contribution in [-0.2, 0) is 0 Å². The fraction of sp³-hybridized carbons (Fsp3) is 0.500. The van der Waals surface area contributed by atoms with Crippen LogP contribution in [-0.4, -0.2) is 42.1 Å². The highest BCUT2D eigenvalue weighted by atomic mass is 35.5. The number of rotatable bonds is 1. The third kappa shape index (κ3) is 1.28. The van der Waals surface area contributed by atoms with Crippen molar-refractivity contribution < 1.29 is 0 Å². The first kappa shape index (κ1) is 8.50. The lowest BCUT2D eigenvalue weighted by Gasteiger charge is -2.52. The van der Waals surface area contributed by atoms with Crippen LogP contribution in [0, 0.1) is 0 Å². The molecule has 0 N–H and O–H groups in total. The molecule has 1 aromatic rings. The van der Waals surface area contributed by atoms with Crippen molar-refractivity contribution in [2.24, 2.45) is 0 Å². The second-order valence-electron chi connectivity index (χ2n) is 3.97. The Morgan fingerprint density at radius 3 is 2.79 bits per heavy atom. The van der Waals surface area contributed by atoms with Gasteiger partial charge in [0.05, 0.1) is 22.9 Å². The quantitative estimate of drug-likeness (QED) is 0.694. The summed E-state index contributed by atoms with van der Waals surface area (Å²) in [4.78, 5) is 9.01. The molecule has 1 aromatic heterocycles. The number of aromatic nitrogens is 1. The Bertz CT molecular complexity index is 346. The lowest BCUT2D eigenvalue weighted by molar-refractivity contribution is 0.110. The van der Waals surface area contributed by atoms with Crippen LogP contribution >= 0.6 is 11.6 Å². The first-order chi connectivity index (χ1) is 6.83. The van der Waals surface area contributed by atoms with E-state index in [1.165, 1.54) is 25.3 Å². The van der Waals surface area contributed by atoms with Gasteiger partial charge in [-0.3, -0.25) is 9.88 Å². The largest absolute Gasteiger partial charge is 0.363 e. The van der Waals surface area contributed by atoms with Crippen molar-refractivity contribution in [2.45, 2.75) is 6.04 Å². The van der Waals surface area contributed by atoms with Crippen LogP contribution in [0.25, 0.3) is 0 Å². The second kappa shape index (κ2) is 3.11. The number of pyridine rings is 1. The summed E-state index contributed by atoms with van der Waals surface area (Å²) >= 11 is 5.93. The van der Waals surface area contributed by atoms with Gasteiger partial charge in [0.2, 0.25) is 0 Å². The Morgan fingerprint density at radius 2 is 2.14 bits per heavy atom. The van der Waals surface area contributed by atoms with Gasteiger partial charge in [0.1, 0.15) is 0 Å². The second-order valence-corrected chi connectivity index (χ2v) is 4.40. The maximum absolute atomic E-state index is 5.93. The predicted molar refractivity (Wildman–Crippen MR) is 56.8 cm³/mol. The lowest BCUT2D eigenvalue weighted by Crippen LogP contribution is -2.66. The molecule has 3 saturated heterocycles. The Hall–Kier alpha value is -0.800. The zero-order chi connectivity index (χ0) is 9.54. The van der Waals surface area contributed by atoms with E-state index in [-0.39, 0.29) is 0 Å². The van der Waals surface area contributed by atoms with E-state index < -0.39 is 0 Å². The van der Waals surface area contributed by atoms with Gasteiger partial charge in [-0.1, -0.05) is 11.6 Å². The third-order valence-electron chi connectivity index (χ3n) is 3.06. The number of hydrogen-bond acceptors (Lipinski definition) is 3. The van der Waals surface area contributed by atoms with Crippen molar-refractivity contribution in [1.82, 2.24) is 9.88 Å². The molecule has 0 saturated carbocycles. The Balaban J connectivity index is 1.87. The average Bonchev–Trinajstić information content (AvgIpc) is 2.17. The first-order valence-electron chi connectivity index (χ1n) is 4.92. The SMILES string of the molecule is Clc1cncc(N2CCN3CC2C3)c1. The molecule has 3 aliphatic rings. The maximum Gasteiger partial charge on any atom is 0.0609 e. The van der Waals surface area contributed by atoms with E-state index in [2.05, 4.69) is 14.8 Å². The average molecular weight is 210 g/mol. The minimum Gasteiger partial charge on any atom is -0.363 e. The van der Waals surface area contributed by atoms with Gasteiger partial charge in [0.25, 0.3) is 0 Å². The van der Waals surface area contributed by atoms with Gasteiger partial charge in [-0.2, -0.15) is 0 Å². The smallest absolute Gasteiger partial charge is 0.0609 e. The molecule has 0 atom stereocenters. The molecule has 0 unspecified atom stereocenters. The van der Waals surface area contributed by atoms with Crippen LogP contribution in [0.5, 0.6) is 0 Å². The van der Waals surface area contributed by atoms with Crippen molar-refractivity contribution in [3.05, 3.63) is 23.5 Å². The van der Waals surface area contributed by atoms with E-state index >= 15 is 0 Å². The lowest BCUT2D eigenvalue weighted by atomic mass is 10.0. The summed E-state index contributed by atoms with van der Waals surface area (Å²) in [6, 6.07) is 2.69. The highest BCUT2D eigenvalue weighted by Crippen LogP contribution is 2.27. The molecular weight excluding hydrogens is 198 g/mol. The molecule has 4 rings (SSSR count). The van der Waals surface area contributed by atoms with Gasteiger partial charge in [-0.05, 0) is 6.07 Å². The van der Waals surface area contributed by atoms with Crippen LogP contribution in [0.4, 0.5) is 5.69 Å². The number of halogens is 1. The zero-order valence-electron chi connectivity index (χ0n) is 7.86. The Kier molecular flexibility index (Phi) is 1.89. The maximum atomic E-state index is 5.93. The Labute approximate surface area is 88.3 Å². The van der Waals surface area contributed by atoms with Crippen molar-refractivity contribution in [3.63, 3.8) is 0 Å². The van der Waals surface area contributed by atoms with E-state index in [9.17, 15) is 0 Å². The van der Waals surface area contributed by atoms with Crippen LogP contribution in [0.2, 0.25) is 5.02 Å². The Morgan fingerprint density at radius 1 is 1.29 bits per heavy atom. The fourth-order valence-electron chi connectivity index (χ4n) is 2.25. The summed E-state index contributed by atoms with van der Waals surface area (Å²) in [5.74, 6) is 0. The normalized spacial score (nSPS) is 29.9. The number of piperazine rings is 2. The van der Waals surface area contributed by atoms with Crippen molar-refractivity contribution >= 4 is 17.3 Å². The number of nitrogens with zero attached hydrogens (tertiary/aromatic N) is 3. The molecule has 0 amide bonds. The highest BCUT2D eigenvalue weighted by Gasteiger charge is 2.36. The summed E-state index contributed by atoms with van der Waals surface area (Å²) in [7, 11) is 0. The third-order valence-corrected chi connectivity index (χ3v) is 3.26. The summed E-state index contributed by atoms with van der Waals surface area (Å²) in [6.07, 6.45) is 3.59. The first-order valence-corrected chi connectivity index (χ1v) is 5.30. The van der Waals surface area contributed by atoms with Crippen molar-refractivity contribution in [3.8, 4) is 0 Å². The van der Waals surface area contributed by atoms with E-state index in [0.717, 1.165) is 11.6 Å². The fourth-order valence-corrected chi connectivity index (χ4v) is 2.42. The molecule has 3 fully saturated rings. The van der Waals surface area contributed by atoms with Crippen LogP contribution < -0.4 is 4.90 Å². The molecule has 2 bridgehead atoms. The van der Waals surface area contributed by atoms with Gasteiger partial charge < -0.3 is 4.90 Å². The molecule has 74 valence electrons. The minimum atomic E-state index is 0.684. The van der Waals surface area contributed by atoms with Crippen LogP contribution in [0.1, 0.15) is 0 Å². The van der Waals surface area contributed by atoms with E-state index in [1.807, 2.05) is 12.3 Å². The molecule has 3 nitrogen and oxygen atoms in total. The van der Waals surface area contributed by atoms with Crippen LogP contribution in [0.15, 0.2) is 18.5 Å². The van der Waals surface area contributed by atoms with E-state index in [1.54, 1.807) is 6.20 Å². The van der Waals surface area contributed by atoms with E-state index in [0.29, 0.717) is 6.04 Å². The van der Waals surface area contributed by atoms with Crippen molar-refractivity contribution in [2.75, 3.05) is 31.1 Å². The van der Waals surface area contributed by atoms with Gasteiger partial charge in [-0.25, -0.2) is 0 Å². The molecule has 3 aliphatic heterocycles.